The molecule has 0 saturated carbocycles. The number of urea groups is 1. The van der Waals surface area contributed by atoms with Crippen molar-refractivity contribution in [2.24, 2.45) is 0 Å². The molecule has 0 aromatic heterocycles. The minimum atomic E-state index is -3.08. The molecular weight excluding hydrogens is 320 g/mol. The Labute approximate surface area is 135 Å². The smallest absolute Gasteiger partial charge is 0.317 e. The van der Waals surface area contributed by atoms with Crippen LogP contribution < -0.4 is 14.8 Å². The molecule has 1 N–H and O–H groups in total. The van der Waals surface area contributed by atoms with Gasteiger partial charge in [-0.2, -0.15) is 0 Å². The fourth-order valence-electron chi connectivity index (χ4n) is 2.92. The topological polar surface area (TPSA) is 84.9 Å². The van der Waals surface area contributed by atoms with Crippen molar-refractivity contribution in [2.75, 3.05) is 31.9 Å². The molecule has 0 aliphatic carbocycles. The summed E-state index contributed by atoms with van der Waals surface area (Å²) in [6, 6.07) is 5.46. The van der Waals surface area contributed by atoms with Crippen LogP contribution in [-0.2, 0) is 9.84 Å². The van der Waals surface area contributed by atoms with Crippen LogP contribution in [0.2, 0.25) is 0 Å². The largest absolute Gasteiger partial charge is 0.454 e. The number of hydrogen-bond acceptors (Lipinski definition) is 5. The van der Waals surface area contributed by atoms with E-state index in [4.69, 9.17) is 9.47 Å². The molecule has 1 aromatic carbocycles. The van der Waals surface area contributed by atoms with Crippen LogP contribution in [0.3, 0.4) is 0 Å². The lowest BCUT2D eigenvalue weighted by Gasteiger charge is -2.25. The van der Waals surface area contributed by atoms with E-state index in [0.717, 1.165) is 30.4 Å². The molecule has 0 unspecified atom stereocenters. The second kappa shape index (κ2) is 6.27. The van der Waals surface area contributed by atoms with E-state index in [1.165, 1.54) is 0 Å². The predicted molar refractivity (Wildman–Crippen MR) is 84.4 cm³/mol. The van der Waals surface area contributed by atoms with E-state index in [-0.39, 0.29) is 31.2 Å². The molecule has 2 aliphatic heterocycles. The Morgan fingerprint density at radius 2 is 2.13 bits per heavy atom. The molecule has 1 fully saturated rings. The second-order valence-corrected chi connectivity index (χ2v) is 8.09. The van der Waals surface area contributed by atoms with Gasteiger partial charge in [0, 0.05) is 19.3 Å². The third-order valence-electron chi connectivity index (χ3n) is 4.04. The average Bonchev–Trinajstić information content (AvgIpc) is 3.13. The Bertz CT molecular complexity index is 704. The SMILES string of the molecule is CS(=O)(=O)CCNC(=O)N1CCC[C@@H]1c1ccc2c(c1)OCO2. The van der Waals surface area contributed by atoms with Crippen LogP contribution >= 0.6 is 0 Å². The highest BCUT2D eigenvalue weighted by molar-refractivity contribution is 7.90. The van der Waals surface area contributed by atoms with Crippen LogP contribution in [0.25, 0.3) is 0 Å². The van der Waals surface area contributed by atoms with Crippen LogP contribution in [0, 0.1) is 0 Å². The Kier molecular flexibility index (Phi) is 4.34. The van der Waals surface area contributed by atoms with E-state index in [0.29, 0.717) is 12.3 Å². The fraction of sp³-hybridized carbons (Fsp3) is 0.533. The number of likely N-dealkylation sites (tertiary alicyclic amines) is 1. The first-order chi connectivity index (χ1) is 10.9. The maximum Gasteiger partial charge on any atom is 0.317 e. The minimum Gasteiger partial charge on any atom is -0.454 e. The van der Waals surface area contributed by atoms with Crippen molar-refractivity contribution in [3.8, 4) is 11.5 Å². The average molecular weight is 340 g/mol. The van der Waals surface area contributed by atoms with Gasteiger partial charge in [-0.15, -0.1) is 0 Å². The molecule has 126 valence electrons. The number of hydrogen-bond donors (Lipinski definition) is 1. The summed E-state index contributed by atoms with van der Waals surface area (Å²) < 4.78 is 33.0. The number of ether oxygens (including phenoxy) is 2. The molecule has 2 amide bonds. The molecule has 2 heterocycles. The zero-order valence-corrected chi connectivity index (χ0v) is 13.8. The zero-order valence-electron chi connectivity index (χ0n) is 12.9. The Morgan fingerprint density at radius 1 is 1.35 bits per heavy atom. The van der Waals surface area contributed by atoms with Crippen LogP contribution in [0.1, 0.15) is 24.4 Å². The number of amides is 2. The number of carbonyl (C=O) groups is 1. The van der Waals surface area contributed by atoms with Crippen molar-refractivity contribution in [3.05, 3.63) is 23.8 Å². The van der Waals surface area contributed by atoms with Crippen molar-refractivity contribution in [1.29, 1.82) is 0 Å². The summed E-state index contributed by atoms with van der Waals surface area (Å²) in [6.07, 6.45) is 2.95. The molecule has 23 heavy (non-hydrogen) atoms. The monoisotopic (exact) mass is 340 g/mol. The van der Waals surface area contributed by atoms with Gasteiger partial charge in [0.25, 0.3) is 0 Å². The standard InChI is InChI=1S/C15H20N2O5S/c1-23(19,20)8-6-16-15(18)17-7-2-3-12(17)11-4-5-13-14(9-11)22-10-21-13/h4-5,9,12H,2-3,6-8,10H2,1H3,(H,16,18)/t12-/m1/s1. The molecule has 1 saturated heterocycles. The highest BCUT2D eigenvalue weighted by atomic mass is 32.2. The highest BCUT2D eigenvalue weighted by Gasteiger charge is 2.31. The number of fused-ring (bicyclic) bond motifs is 1. The first kappa shape index (κ1) is 15.9. The molecule has 2 aliphatic rings. The van der Waals surface area contributed by atoms with Gasteiger partial charge in [-0.05, 0) is 30.5 Å². The molecule has 1 atom stereocenters. The maximum atomic E-state index is 12.3. The summed E-state index contributed by atoms with van der Waals surface area (Å²) in [5.41, 5.74) is 1.00. The predicted octanol–water partition coefficient (Wildman–Crippen LogP) is 1.31. The lowest BCUT2D eigenvalue weighted by molar-refractivity contribution is 0.173. The van der Waals surface area contributed by atoms with Crippen molar-refractivity contribution < 1.29 is 22.7 Å². The summed E-state index contributed by atoms with van der Waals surface area (Å²) in [5.74, 6) is 1.36. The molecular formula is C15H20N2O5S. The van der Waals surface area contributed by atoms with Crippen molar-refractivity contribution in [2.45, 2.75) is 18.9 Å². The highest BCUT2D eigenvalue weighted by Crippen LogP contribution is 2.38. The summed E-state index contributed by atoms with van der Waals surface area (Å²) in [6.45, 7) is 1.00. The van der Waals surface area contributed by atoms with E-state index < -0.39 is 9.84 Å². The van der Waals surface area contributed by atoms with E-state index in [9.17, 15) is 13.2 Å². The molecule has 3 rings (SSSR count). The molecule has 0 bridgehead atoms. The van der Waals surface area contributed by atoms with Gasteiger partial charge in [0.1, 0.15) is 9.84 Å². The molecule has 1 aromatic rings. The Balaban J connectivity index is 1.66. The normalized spacial score (nSPS) is 19.9. The number of benzene rings is 1. The van der Waals surface area contributed by atoms with E-state index >= 15 is 0 Å². The number of carbonyl (C=O) groups excluding carboxylic acids is 1. The quantitative estimate of drug-likeness (QED) is 0.893. The van der Waals surface area contributed by atoms with Crippen LogP contribution in [0.4, 0.5) is 4.79 Å². The molecule has 0 spiro atoms. The van der Waals surface area contributed by atoms with Gasteiger partial charge in [-0.1, -0.05) is 6.07 Å². The zero-order chi connectivity index (χ0) is 16.4. The van der Waals surface area contributed by atoms with Gasteiger partial charge in [-0.3, -0.25) is 0 Å². The third-order valence-corrected chi connectivity index (χ3v) is 4.99. The lowest BCUT2D eigenvalue weighted by Crippen LogP contribution is -2.41. The summed E-state index contributed by atoms with van der Waals surface area (Å²) in [4.78, 5) is 14.1. The summed E-state index contributed by atoms with van der Waals surface area (Å²) in [7, 11) is -3.08. The Morgan fingerprint density at radius 3 is 2.91 bits per heavy atom. The second-order valence-electron chi connectivity index (χ2n) is 5.83. The van der Waals surface area contributed by atoms with Gasteiger partial charge in [0.15, 0.2) is 11.5 Å². The van der Waals surface area contributed by atoms with Crippen molar-refractivity contribution in [1.82, 2.24) is 10.2 Å². The lowest BCUT2D eigenvalue weighted by atomic mass is 10.0. The Hall–Kier alpha value is -1.96. The summed E-state index contributed by atoms with van der Waals surface area (Å²) in [5, 5.41) is 2.69. The first-order valence-corrected chi connectivity index (χ1v) is 9.62. The third kappa shape index (κ3) is 3.69. The van der Waals surface area contributed by atoms with Crippen LogP contribution in [0.5, 0.6) is 11.5 Å². The van der Waals surface area contributed by atoms with Crippen molar-refractivity contribution in [3.63, 3.8) is 0 Å². The minimum absolute atomic E-state index is 0.0252. The van der Waals surface area contributed by atoms with Crippen LogP contribution in [0.15, 0.2) is 18.2 Å². The molecule has 8 heteroatoms. The van der Waals surface area contributed by atoms with Gasteiger partial charge in [0.2, 0.25) is 6.79 Å². The van der Waals surface area contributed by atoms with E-state index in [2.05, 4.69) is 5.32 Å². The first-order valence-electron chi connectivity index (χ1n) is 7.56. The van der Waals surface area contributed by atoms with E-state index in [1.807, 2.05) is 18.2 Å². The van der Waals surface area contributed by atoms with E-state index in [1.54, 1.807) is 4.90 Å². The van der Waals surface area contributed by atoms with Crippen molar-refractivity contribution >= 4 is 15.9 Å². The number of sulfone groups is 1. The number of nitrogens with one attached hydrogen (secondary N) is 1. The van der Waals surface area contributed by atoms with Gasteiger partial charge >= 0.3 is 6.03 Å². The fourth-order valence-corrected chi connectivity index (χ4v) is 3.39. The number of nitrogens with zero attached hydrogens (tertiary/aromatic N) is 1. The van der Waals surface area contributed by atoms with Crippen LogP contribution in [-0.4, -0.2) is 51.2 Å². The summed E-state index contributed by atoms with van der Waals surface area (Å²) >= 11 is 0. The molecule has 7 nitrogen and oxygen atoms in total. The van der Waals surface area contributed by atoms with Gasteiger partial charge in [-0.25, -0.2) is 13.2 Å². The van der Waals surface area contributed by atoms with Gasteiger partial charge < -0.3 is 19.7 Å². The maximum absolute atomic E-state index is 12.3. The molecule has 0 radical (unpaired) electrons. The van der Waals surface area contributed by atoms with Gasteiger partial charge in [0.05, 0.1) is 11.8 Å². The number of rotatable bonds is 4.